The molecule has 0 fully saturated rings. The van der Waals surface area contributed by atoms with Crippen molar-refractivity contribution in [2.24, 2.45) is 32.3 Å². The molecular weight excluding hydrogens is 1120 g/mol. The summed E-state index contributed by atoms with van der Waals surface area (Å²) in [5.41, 5.74) is 0.0473. The van der Waals surface area contributed by atoms with E-state index >= 15 is 0 Å². The SMILES string of the molecule is [C-]#[N+]c1c(C)c(N=Nc2ccc(S(=O)(=O)NCC(C)OC(=O)CCCCCCCCC(=O)OC(C)CNS(=O)(=O)c3ccc(N=Nc4c(C)c(C#N)c(O)n(CC(CC)CCCC)c4=O)cc3C)c(C)c2)c(=O)n(CC(CC)CCCC)c1O. The van der Waals surface area contributed by atoms with Gasteiger partial charge in [-0.2, -0.15) is 15.5 Å². The highest BCUT2D eigenvalue weighted by atomic mass is 32.2. The average Bonchev–Trinajstić information content (AvgIpc) is 3.65. The molecule has 22 nitrogen and oxygen atoms in total. The first-order chi connectivity index (χ1) is 39.9. The molecule has 0 radical (unpaired) electrons. The summed E-state index contributed by atoms with van der Waals surface area (Å²) in [6.07, 6.45) is 10.1. The number of nitrogens with one attached hydrogen (secondary N) is 2. The minimum atomic E-state index is -4.04. The summed E-state index contributed by atoms with van der Waals surface area (Å²) in [5, 5.41) is 48.2. The summed E-state index contributed by atoms with van der Waals surface area (Å²) in [5.74, 6) is -1.53. The van der Waals surface area contributed by atoms with Gasteiger partial charge in [-0.05, 0) is 132 Å². The highest BCUT2D eigenvalue weighted by molar-refractivity contribution is 7.89. The molecule has 4 unspecified atom stereocenters. The van der Waals surface area contributed by atoms with E-state index in [-0.39, 0.29) is 106 Å². The van der Waals surface area contributed by atoms with E-state index in [1.165, 1.54) is 59.4 Å². The zero-order chi connectivity index (χ0) is 62.3. The second-order valence-electron chi connectivity index (χ2n) is 21.4. The Morgan fingerprint density at radius 3 is 1.43 bits per heavy atom. The molecule has 0 saturated carbocycles. The highest BCUT2D eigenvalue weighted by Gasteiger charge is 2.25. The zero-order valence-corrected chi connectivity index (χ0v) is 51.9. The number of esters is 2. The van der Waals surface area contributed by atoms with Gasteiger partial charge in [0.25, 0.3) is 11.1 Å². The number of carbonyl (C=O) groups excluding carboxylic acids is 2. The van der Waals surface area contributed by atoms with Crippen LogP contribution in [0.3, 0.4) is 0 Å². The quantitative estimate of drug-likeness (QED) is 0.0144. The molecule has 0 spiro atoms. The molecule has 0 saturated heterocycles. The lowest BCUT2D eigenvalue weighted by Crippen LogP contribution is -2.33. The number of benzene rings is 2. The van der Waals surface area contributed by atoms with Gasteiger partial charge in [0.1, 0.15) is 29.5 Å². The van der Waals surface area contributed by atoms with E-state index in [1.54, 1.807) is 27.7 Å². The van der Waals surface area contributed by atoms with Gasteiger partial charge in [-0.3, -0.25) is 28.3 Å². The summed E-state index contributed by atoms with van der Waals surface area (Å²) in [6.45, 7) is 25.3. The van der Waals surface area contributed by atoms with Crippen LogP contribution in [-0.4, -0.2) is 73.4 Å². The normalized spacial score (nSPS) is 13.4. The number of aryl methyl sites for hydroxylation is 2. The first-order valence-corrected chi connectivity index (χ1v) is 32.0. The zero-order valence-electron chi connectivity index (χ0n) is 50.3. The van der Waals surface area contributed by atoms with Crippen molar-refractivity contribution in [2.45, 2.75) is 207 Å². The van der Waals surface area contributed by atoms with Crippen molar-refractivity contribution in [3.05, 3.63) is 96.3 Å². The van der Waals surface area contributed by atoms with Gasteiger partial charge >= 0.3 is 11.9 Å². The van der Waals surface area contributed by atoms with Crippen LogP contribution in [0.4, 0.5) is 28.4 Å². The van der Waals surface area contributed by atoms with Gasteiger partial charge in [0.15, 0.2) is 11.6 Å². The highest BCUT2D eigenvalue weighted by Crippen LogP contribution is 2.36. The molecule has 458 valence electrons. The third-order valence-corrected chi connectivity index (χ3v) is 17.9. The molecule has 4 rings (SSSR count). The fourth-order valence-electron chi connectivity index (χ4n) is 9.51. The molecule has 0 bridgehead atoms. The van der Waals surface area contributed by atoms with Crippen LogP contribution in [0.25, 0.3) is 4.85 Å². The number of rotatable bonds is 35. The molecule has 0 aliphatic carbocycles. The van der Waals surface area contributed by atoms with Crippen molar-refractivity contribution in [3.8, 4) is 17.8 Å². The first kappa shape index (κ1) is 69.4. The van der Waals surface area contributed by atoms with E-state index in [9.17, 15) is 51.5 Å². The number of hydrogen-bond donors (Lipinski definition) is 4. The molecule has 0 aliphatic rings. The summed E-state index contributed by atoms with van der Waals surface area (Å²) in [6, 6.07) is 10.5. The second-order valence-corrected chi connectivity index (χ2v) is 24.9. The number of nitrogens with zero attached hydrogens (tertiary/aromatic N) is 8. The summed E-state index contributed by atoms with van der Waals surface area (Å²) >= 11 is 0. The number of azo groups is 2. The van der Waals surface area contributed by atoms with E-state index in [0.717, 1.165) is 77.0 Å². The number of ether oxygens (including phenoxy) is 2. The van der Waals surface area contributed by atoms with E-state index < -0.39 is 67.1 Å². The largest absolute Gasteiger partial charge is 0.503 e. The van der Waals surface area contributed by atoms with Gasteiger partial charge < -0.3 is 19.7 Å². The molecule has 84 heavy (non-hydrogen) atoms. The molecule has 2 heterocycles. The number of sulfonamides is 2. The van der Waals surface area contributed by atoms with Crippen LogP contribution in [0.5, 0.6) is 11.8 Å². The minimum Gasteiger partial charge on any atom is -0.503 e. The first-order valence-electron chi connectivity index (χ1n) is 29.0. The molecule has 2 aromatic carbocycles. The van der Waals surface area contributed by atoms with Crippen molar-refractivity contribution < 1.29 is 46.1 Å². The second kappa shape index (κ2) is 33.4. The van der Waals surface area contributed by atoms with Gasteiger partial charge in [0.2, 0.25) is 31.6 Å². The van der Waals surface area contributed by atoms with Crippen LogP contribution in [-0.2, 0) is 52.2 Å². The van der Waals surface area contributed by atoms with E-state index in [4.69, 9.17) is 16.0 Å². The maximum Gasteiger partial charge on any atom is 0.306 e. The Bertz CT molecular complexity index is 3210. The third-order valence-electron chi connectivity index (χ3n) is 14.7. The number of pyridine rings is 2. The predicted molar refractivity (Wildman–Crippen MR) is 321 cm³/mol. The standard InChI is InChI=1S/C60H84N10O12S2/c1-12-16-24-45(14-3)37-69-57(73)49(34-61)43(9)55(59(69)75)67-65-47-28-30-50(39(5)32-47)83(77,78)63-35-41(7)81-52(71)26-22-20-18-19-21-23-27-53(72)82-42(8)36-64-84(79,80)51-31-29-48(33-40(51)6)66-68-56-44(10)54(62-11)58(74)70(60(56)76)38-46(15-4)25-17-13-2/h28-33,41-42,45-46,63-64,73-74H,12-27,35-38H2,1-10H3. The third kappa shape index (κ3) is 19.7. The van der Waals surface area contributed by atoms with Crippen molar-refractivity contribution in [1.29, 1.82) is 5.26 Å². The lowest BCUT2D eigenvalue weighted by molar-refractivity contribution is -0.149. The lowest BCUT2D eigenvalue weighted by atomic mass is 9.99. The van der Waals surface area contributed by atoms with Crippen molar-refractivity contribution in [2.75, 3.05) is 13.1 Å². The van der Waals surface area contributed by atoms with Gasteiger partial charge in [0, 0.05) is 44.6 Å². The van der Waals surface area contributed by atoms with Crippen molar-refractivity contribution in [1.82, 2.24) is 18.6 Å². The molecule has 4 atom stereocenters. The smallest absolute Gasteiger partial charge is 0.306 e. The Morgan fingerprint density at radius 2 is 1.05 bits per heavy atom. The lowest BCUT2D eigenvalue weighted by Gasteiger charge is -2.19. The van der Waals surface area contributed by atoms with E-state index in [0.29, 0.717) is 24.0 Å². The Hall–Kier alpha value is -7.12. The molecule has 4 aromatic rings. The van der Waals surface area contributed by atoms with Crippen LogP contribution in [0, 0.1) is 57.4 Å². The minimum absolute atomic E-state index is 0.0307. The van der Waals surface area contributed by atoms with Crippen LogP contribution in [0.15, 0.2) is 76.2 Å². The maximum atomic E-state index is 13.5. The maximum absolute atomic E-state index is 13.5. The van der Waals surface area contributed by atoms with Crippen molar-refractivity contribution in [3.63, 3.8) is 0 Å². The Balaban J connectivity index is 1.16. The molecule has 0 aliphatic heterocycles. The van der Waals surface area contributed by atoms with Gasteiger partial charge in [-0.25, -0.2) is 31.1 Å². The fourth-order valence-corrected chi connectivity index (χ4v) is 12.2. The molecular formula is C60H84N10O12S2. The van der Waals surface area contributed by atoms with Crippen LogP contribution >= 0.6 is 0 Å². The van der Waals surface area contributed by atoms with Gasteiger partial charge in [-0.15, -0.1) is 10.2 Å². The summed E-state index contributed by atoms with van der Waals surface area (Å²) in [4.78, 5) is 55.7. The topological polar surface area (TPSA) is 307 Å². The Kier molecular flexibility index (Phi) is 27.6. The van der Waals surface area contributed by atoms with Crippen LogP contribution in [0.1, 0.15) is 172 Å². The molecule has 4 N–H and O–H groups in total. The number of unbranched alkanes of at least 4 members (excludes halogenated alkanes) is 7. The van der Waals surface area contributed by atoms with E-state index in [1.807, 2.05) is 19.9 Å². The summed E-state index contributed by atoms with van der Waals surface area (Å²) < 4.78 is 71.5. The number of hydrogen-bond acceptors (Lipinski definition) is 17. The van der Waals surface area contributed by atoms with Gasteiger partial charge in [-0.1, -0.05) is 91.9 Å². The van der Waals surface area contributed by atoms with Gasteiger partial charge in [0.05, 0.1) is 27.7 Å². The Labute approximate surface area is 494 Å². The average molecular weight is 1200 g/mol. The monoisotopic (exact) mass is 1200 g/mol. The Morgan fingerprint density at radius 1 is 0.643 bits per heavy atom. The number of aromatic nitrogens is 2. The van der Waals surface area contributed by atoms with Crippen LogP contribution < -0.4 is 20.6 Å². The summed E-state index contributed by atoms with van der Waals surface area (Å²) in [7, 11) is -8.09. The number of nitriles is 1. The van der Waals surface area contributed by atoms with E-state index in [2.05, 4.69) is 48.6 Å². The van der Waals surface area contributed by atoms with Crippen molar-refractivity contribution >= 4 is 60.4 Å². The molecule has 0 amide bonds. The predicted octanol–water partition coefficient (Wildman–Crippen LogP) is 12.6. The van der Waals surface area contributed by atoms with Crippen LogP contribution in [0.2, 0.25) is 0 Å². The molecule has 2 aromatic heterocycles. The molecule has 24 heteroatoms. The number of carbonyl (C=O) groups is 2. The fraction of sp³-hybridized carbons (Fsp3) is 0.567. The number of aromatic hydroxyl groups is 2.